The van der Waals surface area contributed by atoms with Crippen LogP contribution in [0, 0.1) is 6.92 Å². The van der Waals surface area contributed by atoms with E-state index in [0.717, 1.165) is 22.5 Å². The second kappa shape index (κ2) is 12.9. The summed E-state index contributed by atoms with van der Waals surface area (Å²) in [5.41, 5.74) is 5.16. The number of allylic oxidation sites excluding steroid dienone is 1. The predicted molar refractivity (Wildman–Crippen MR) is 137 cm³/mol. The molecule has 1 amide bonds. The molecule has 4 rings (SSSR count). The van der Waals surface area contributed by atoms with Crippen molar-refractivity contribution in [2.45, 2.75) is 53.8 Å². The van der Waals surface area contributed by atoms with Crippen molar-refractivity contribution in [3.05, 3.63) is 71.4 Å². The van der Waals surface area contributed by atoms with Gasteiger partial charge in [0.25, 0.3) is 0 Å². The fourth-order valence-electron chi connectivity index (χ4n) is 3.40. The highest BCUT2D eigenvalue weighted by atomic mass is 16.5. The highest BCUT2D eigenvalue weighted by molar-refractivity contribution is 5.93. The van der Waals surface area contributed by atoms with E-state index in [-0.39, 0.29) is 18.2 Å². The van der Waals surface area contributed by atoms with Gasteiger partial charge in [-0.2, -0.15) is 5.10 Å². The number of aromatic nitrogens is 1. The molecule has 0 aliphatic carbocycles. The maximum atomic E-state index is 10.7. The molecule has 3 heterocycles. The lowest BCUT2D eigenvalue weighted by Crippen LogP contribution is -2.33. The zero-order valence-corrected chi connectivity index (χ0v) is 20.6. The van der Waals surface area contributed by atoms with Gasteiger partial charge in [0.05, 0.1) is 17.5 Å². The molecule has 0 spiro atoms. The van der Waals surface area contributed by atoms with E-state index in [9.17, 15) is 9.59 Å². The number of benzene rings is 1. The Morgan fingerprint density at radius 1 is 1.21 bits per heavy atom. The van der Waals surface area contributed by atoms with Crippen molar-refractivity contribution in [2.24, 2.45) is 5.10 Å². The molecule has 8 heteroatoms. The van der Waals surface area contributed by atoms with Crippen LogP contribution in [0.5, 0.6) is 0 Å². The number of nitrogens with one attached hydrogen (secondary N) is 2. The minimum atomic E-state index is -0.213. The van der Waals surface area contributed by atoms with Gasteiger partial charge in [-0.05, 0) is 51.1 Å². The second-order valence-corrected chi connectivity index (χ2v) is 7.53. The molecule has 2 N–H and O–H groups in total. The highest BCUT2D eigenvalue weighted by Crippen LogP contribution is 2.36. The van der Waals surface area contributed by atoms with E-state index in [0.29, 0.717) is 12.2 Å². The van der Waals surface area contributed by atoms with E-state index >= 15 is 0 Å². The Hall–Kier alpha value is -3.94. The third kappa shape index (κ3) is 7.03. The molecule has 1 aromatic carbocycles. The summed E-state index contributed by atoms with van der Waals surface area (Å²) < 4.78 is 4.61. The Labute approximate surface area is 201 Å². The maximum Gasteiger partial charge on any atom is 0.302 e. The summed E-state index contributed by atoms with van der Waals surface area (Å²) in [6.07, 6.45) is 8.04. The van der Waals surface area contributed by atoms with E-state index in [1.807, 2.05) is 57.0 Å². The number of aryl methyl sites for hydroxylation is 1. The second-order valence-electron chi connectivity index (χ2n) is 7.53. The zero-order chi connectivity index (χ0) is 25.1. The minimum Gasteiger partial charge on any atom is -0.463 e. The molecule has 0 bridgehead atoms. The number of carbonyl (C=O) groups excluding carboxylic acids is 2. The van der Waals surface area contributed by atoms with E-state index < -0.39 is 0 Å². The normalized spacial score (nSPS) is 15.4. The summed E-state index contributed by atoms with van der Waals surface area (Å²) in [6, 6.07) is 12.1. The number of hydrazone groups is 1. The van der Waals surface area contributed by atoms with Gasteiger partial charge in [-0.25, -0.2) is 9.99 Å². The van der Waals surface area contributed by atoms with Gasteiger partial charge >= 0.3 is 5.97 Å². The van der Waals surface area contributed by atoms with Crippen LogP contribution in [0.3, 0.4) is 0 Å². The SMILES string of the molecule is CC.CC(=O)OC(C)C.Cc1cccc(C2=C(c3ccnc(NC=O)c3)N3N=CC=CC3N2)c1. The molecule has 2 aliphatic rings. The first-order chi connectivity index (χ1) is 16.4. The summed E-state index contributed by atoms with van der Waals surface area (Å²) in [5.74, 6) is 0.290. The van der Waals surface area contributed by atoms with Crippen LogP contribution < -0.4 is 10.6 Å². The zero-order valence-electron chi connectivity index (χ0n) is 20.6. The van der Waals surface area contributed by atoms with Crippen LogP contribution in [-0.4, -0.2) is 40.9 Å². The van der Waals surface area contributed by atoms with Crippen LogP contribution in [0.15, 0.2) is 59.8 Å². The van der Waals surface area contributed by atoms with E-state index in [4.69, 9.17) is 0 Å². The number of nitrogens with zero attached hydrogens (tertiary/aromatic N) is 3. The number of esters is 1. The van der Waals surface area contributed by atoms with E-state index in [2.05, 4.69) is 56.7 Å². The molecule has 1 aromatic heterocycles. The summed E-state index contributed by atoms with van der Waals surface area (Å²) in [7, 11) is 0. The van der Waals surface area contributed by atoms with Gasteiger partial charge in [-0.1, -0.05) is 37.6 Å². The van der Waals surface area contributed by atoms with Gasteiger partial charge in [0.15, 0.2) is 0 Å². The number of pyridine rings is 1. The third-order valence-corrected chi connectivity index (χ3v) is 4.54. The van der Waals surface area contributed by atoms with Gasteiger partial charge in [0, 0.05) is 30.5 Å². The third-order valence-electron chi connectivity index (χ3n) is 4.54. The molecule has 180 valence electrons. The number of anilines is 1. The lowest BCUT2D eigenvalue weighted by atomic mass is 10.0. The molecule has 8 nitrogen and oxygen atoms in total. The van der Waals surface area contributed by atoms with Crippen molar-refractivity contribution >= 4 is 35.8 Å². The molecule has 0 saturated heterocycles. The van der Waals surface area contributed by atoms with Crippen LogP contribution in [0.1, 0.15) is 51.3 Å². The molecule has 2 aliphatic heterocycles. The average Bonchev–Trinajstić information content (AvgIpc) is 3.20. The molecule has 1 atom stereocenters. The van der Waals surface area contributed by atoms with Crippen molar-refractivity contribution < 1.29 is 14.3 Å². The van der Waals surface area contributed by atoms with E-state index in [1.54, 1.807) is 12.4 Å². The Balaban J connectivity index is 0.000000393. The number of rotatable bonds is 5. The molecular weight excluding hydrogens is 430 g/mol. The van der Waals surface area contributed by atoms with Gasteiger partial charge in [-0.3, -0.25) is 9.59 Å². The number of fused-ring (bicyclic) bond motifs is 1. The first kappa shape index (κ1) is 26.3. The largest absolute Gasteiger partial charge is 0.463 e. The number of amides is 1. The lowest BCUT2D eigenvalue weighted by Gasteiger charge is -2.23. The van der Waals surface area contributed by atoms with Gasteiger partial charge < -0.3 is 15.4 Å². The molecular formula is C26H33N5O3. The number of carbonyl (C=O) groups is 2. The maximum absolute atomic E-state index is 10.7. The molecule has 0 saturated carbocycles. The molecule has 0 radical (unpaired) electrons. The number of hydrogen-bond donors (Lipinski definition) is 2. The van der Waals surface area contributed by atoms with Crippen LogP contribution in [0.2, 0.25) is 0 Å². The predicted octanol–water partition coefficient (Wildman–Crippen LogP) is 4.56. The van der Waals surface area contributed by atoms with Crippen LogP contribution in [-0.2, 0) is 14.3 Å². The van der Waals surface area contributed by atoms with Crippen molar-refractivity contribution in [3.63, 3.8) is 0 Å². The smallest absolute Gasteiger partial charge is 0.302 e. The first-order valence-corrected chi connectivity index (χ1v) is 11.3. The van der Waals surface area contributed by atoms with Crippen LogP contribution in [0.4, 0.5) is 5.82 Å². The summed E-state index contributed by atoms with van der Waals surface area (Å²) in [6.45, 7) is 11.1. The van der Waals surface area contributed by atoms with Crippen molar-refractivity contribution in [1.29, 1.82) is 0 Å². The summed E-state index contributed by atoms with van der Waals surface area (Å²) >= 11 is 0. The minimum absolute atomic E-state index is 0.0255. The van der Waals surface area contributed by atoms with Crippen molar-refractivity contribution in [2.75, 3.05) is 5.32 Å². The Bertz CT molecular complexity index is 1080. The molecule has 2 aromatic rings. The number of hydrogen-bond acceptors (Lipinski definition) is 7. The molecule has 34 heavy (non-hydrogen) atoms. The quantitative estimate of drug-likeness (QED) is 0.499. The van der Waals surface area contributed by atoms with Crippen LogP contribution >= 0.6 is 0 Å². The van der Waals surface area contributed by atoms with Gasteiger partial charge in [0.1, 0.15) is 12.0 Å². The summed E-state index contributed by atoms with van der Waals surface area (Å²) in [4.78, 5) is 24.9. The molecule has 1 unspecified atom stereocenters. The highest BCUT2D eigenvalue weighted by Gasteiger charge is 2.32. The standard InChI is InChI=1S/C19H17N5O.C5H10O2.C2H6/c1-13-4-2-5-14(10-13)18-19(24-17(23-18)6-3-8-22-24)15-7-9-20-16(11-15)21-12-25;1-4(2)7-5(3)6;1-2/h2-12,17,23H,1H3,(H,20,21,25);4H,1-3H3;1-2H3. The van der Waals surface area contributed by atoms with Gasteiger partial charge in [-0.15, -0.1) is 0 Å². The Kier molecular flexibility index (Phi) is 10.0. The van der Waals surface area contributed by atoms with Crippen LogP contribution in [0.25, 0.3) is 11.4 Å². The topological polar surface area (TPSA) is 95.9 Å². The average molecular weight is 464 g/mol. The van der Waals surface area contributed by atoms with Crippen molar-refractivity contribution in [3.8, 4) is 0 Å². The monoisotopic (exact) mass is 463 g/mol. The first-order valence-electron chi connectivity index (χ1n) is 11.3. The molecule has 0 fully saturated rings. The lowest BCUT2D eigenvalue weighted by molar-refractivity contribution is -0.144. The fraction of sp³-hybridized carbons (Fsp3) is 0.308. The van der Waals surface area contributed by atoms with E-state index in [1.165, 1.54) is 12.5 Å². The number of ether oxygens (including phenoxy) is 1. The Morgan fingerprint density at radius 2 is 1.97 bits per heavy atom. The summed E-state index contributed by atoms with van der Waals surface area (Å²) in [5, 5.41) is 12.6. The van der Waals surface area contributed by atoms with Gasteiger partial charge in [0.2, 0.25) is 6.41 Å². The van der Waals surface area contributed by atoms with Crippen molar-refractivity contribution in [1.82, 2.24) is 15.3 Å². The fourth-order valence-corrected chi connectivity index (χ4v) is 3.40. The Morgan fingerprint density at radius 3 is 2.59 bits per heavy atom.